The Morgan fingerprint density at radius 2 is 1.91 bits per heavy atom. The van der Waals surface area contributed by atoms with Crippen LogP contribution in [-0.2, 0) is 21.1 Å². The summed E-state index contributed by atoms with van der Waals surface area (Å²) in [4.78, 5) is 13.1. The zero-order valence-corrected chi connectivity index (χ0v) is 14.0. The molecule has 1 aromatic carbocycles. The highest BCUT2D eigenvalue weighted by Gasteiger charge is 2.17. The predicted octanol–water partition coefficient (Wildman–Crippen LogP) is 2.58. The Kier molecular flexibility index (Phi) is 5.74. The summed E-state index contributed by atoms with van der Waals surface area (Å²) < 4.78 is 22.3. The number of rotatable bonds is 7. The van der Waals surface area contributed by atoms with E-state index in [9.17, 15) is 13.2 Å². The van der Waals surface area contributed by atoms with Crippen LogP contribution < -0.4 is 5.32 Å². The van der Waals surface area contributed by atoms with Gasteiger partial charge in [0.25, 0.3) is 0 Å². The maximum atomic E-state index is 12.0. The molecule has 0 bridgehead atoms. The molecule has 0 saturated carbocycles. The first kappa shape index (κ1) is 16.7. The van der Waals surface area contributed by atoms with Crippen molar-refractivity contribution in [3.63, 3.8) is 0 Å². The van der Waals surface area contributed by atoms with Gasteiger partial charge >= 0.3 is 0 Å². The van der Waals surface area contributed by atoms with E-state index in [0.717, 1.165) is 16.7 Å². The van der Waals surface area contributed by atoms with Crippen LogP contribution in [0, 0.1) is 0 Å². The number of sulfone groups is 1. The highest BCUT2D eigenvalue weighted by molar-refractivity contribution is 7.90. The van der Waals surface area contributed by atoms with Crippen molar-refractivity contribution in [2.24, 2.45) is 0 Å². The number of hydrogen-bond acceptors (Lipinski definition) is 4. The molecule has 0 radical (unpaired) electrons. The van der Waals surface area contributed by atoms with Crippen LogP contribution >= 0.6 is 11.3 Å². The van der Waals surface area contributed by atoms with Gasteiger partial charge in [0, 0.05) is 17.6 Å². The van der Waals surface area contributed by atoms with Crippen molar-refractivity contribution in [1.82, 2.24) is 5.32 Å². The van der Waals surface area contributed by atoms with E-state index in [2.05, 4.69) is 5.32 Å². The maximum Gasteiger partial charge on any atom is 0.221 e. The minimum atomic E-state index is -3.13. The highest BCUT2D eigenvalue weighted by atomic mass is 32.2. The summed E-state index contributed by atoms with van der Waals surface area (Å²) in [7, 11) is -3.13. The fourth-order valence-electron chi connectivity index (χ4n) is 2.11. The summed E-state index contributed by atoms with van der Waals surface area (Å²) in [5, 5.41) is 4.92. The van der Waals surface area contributed by atoms with Crippen LogP contribution in [0.2, 0.25) is 0 Å². The van der Waals surface area contributed by atoms with Crippen LogP contribution in [0.25, 0.3) is 0 Å². The first-order valence-corrected chi connectivity index (χ1v) is 9.92. The number of benzene rings is 1. The molecule has 0 spiro atoms. The van der Waals surface area contributed by atoms with Gasteiger partial charge in [-0.25, -0.2) is 8.42 Å². The quantitative estimate of drug-likeness (QED) is 0.844. The lowest BCUT2D eigenvalue weighted by Crippen LogP contribution is -2.30. The zero-order valence-electron chi connectivity index (χ0n) is 12.4. The first-order valence-electron chi connectivity index (χ1n) is 6.98. The Labute approximate surface area is 135 Å². The molecule has 22 heavy (non-hydrogen) atoms. The molecule has 0 aliphatic rings. The van der Waals surface area contributed by atoms with Gasteiger partial charge in [0.2, 0.25) is 5.91 Å². The van der Waals surface area contributed by atoms with Gasteiger partial charge in [-0.2, -0.15) is 0 Å². The predicted molar refractivity (Wildman–Crippen MR) is 89.7 cm³/mol. The fraction of sp³-hybridized carbons (Fsp3) is 0.312. The monoisotopic (exact) mass is 337 g/mol. The second-order valence-electron chi connectivity index (χ2n) is 5.21. The van der Waals surface area contributed by atoms with E-state index in [1.807, 2.05) is 47.8 Å². The Bertz CT molecular complexity index is 694. The molecule has 118 valence electrons. The molecule has 4 nitrogen and oxygen atoms in total. The Balaban J connectivity index is 2.04. The van der Waals surface area contributed by atoms with Crippen molar-refractivity contribution < 1.29 is 13.2 Å². The standard InChI is InChI=1S/C16H19NO3S2/c1-22(19,20)11-9-16(18)17-14(15-8-5-10-21-15)12-13-6-3-2-4-7-13/h2-8,10,14H,9,11-12H2,1H3,(H,17,18)/t14-/m0/s1. The zero-order chi connectivity index (χ0) is 16.0. The molecule has 1 heterocycles. The van der Waals surface area contributed by atoms with Crippen LogP contribution in [0.1, 0.15) is 22.9 Å². The molecule has 2 aromatic rings. The van der Waals surface area contributed by atoms with Crippen molar-refractivity contribution >= 4 is 27.1 Å². The van der Waals surface area contributed by atoms with Gasteiger partial charge in [-0.05, 0) is 23.4 Å². The van der Waals surface area contributed by atoms with Gasteiger partial charge in [0.15, 0.2) is 0 Å². The van der Waals surface area contributed by atoms with Gasteiger partial charge in [-0.3, -0.25) is 4.79 Å². The van der Waals surface area contributed by atoms with Gasteiger partial charge in [-0.1, -0.05) is 36.4 Å². The summed E-state index contributed by atoms with van der Waals surface area (Å²) in [6.45, 7) is 0. The molecule has 1 atom stereocenters. The first-order chi connectivity index (χ1) is 10.4. The largest absolute Gasteiger partial charge is 0.348 e. The number of nitrogens with one attached hydrogen (secondary N) is 1. The number of carbonyl (C=O) groups excluding carboxylic acids is 1. The topological polar surface area (TPSA) is 63.2 Å². The van der Waals surface area contributed by atoms with Crippen molar-refractivity contribution in [3.8, 4) is 0 Å². The summed E-state index contributed by atoms with van der Waals surface area (Å²) in [6, 6.07) is 13.7. The Morgan fingerprint density at radius 3 is 2.50 bits per heavy atom. The van der Waals surface area contributed by atoms with Gasteiger partial charge < -0.3 is 5.32 Å². The lowest BCUT2D eigenvalue weighted by Gasteiger charge is -2.17. The molecule has 1 amide bonds. The average molecular weight is 337 g/mol. The molecule has 2 rings (SSSR count). The van der Waals surface area contributed by atoms with Crippen molar-refractivity contribution in [3.05, 3.63) is 58.3 Å². The summed E-state index contributed by atoms with van der Waals surface area (Å²) in [5.74, 6) is -0.360. The number of thiophene rings is 1. The lowest BCUT2D eigenvalue weighted by atomic mass is 10.0. The van der Waals surface area contributed by atoms with E-state index in [1.54, 1.807) is 11.3 Å². The minimum Gasteiger partial charge on any atom is -0.348 e. The Hall–Kier alpha value is -1.66. The molecule has 0 saturated heterocycles. The summed E-state index contributed by atoms with van der Waals surface area (Å²) in [5.41, 5.74) is 1.13. The molecule has 0 aliphatic heterocycles. The van der Waals surface area contributed by atoms with Gasteiger partial charge in [0.05, 0.1) is 11.8 Å². The van der Waals surface area contributed by atoms with Crippen LogP contribution in [0.15, 0.2) is 47.8 Å². The third-order valence-corrected chi connectivity index (χ3v) is 5.14. The maximum absolute atomic E-state index is 12.0. The second-order valence-corrected chi connectivity index (χ2v) is 8.44. The van der Waals surface area contributed by atoms with E-state index in [1.165, 1.54) is 0 Å². The fourth-order valence-corrected chi connectivity index (χ4v) is 3.44. The second kappa shape index (κ2) is 7.56. The van der Waals surface area contributed by atoms with E-state index in [-0.39, 0.29) is 24.1 Å². The smallest absolute Gasteiger partial charge is 0.221 e. The molecule has 0 aliphatic carbocycles. The van der Waals surface area contributed by atoms with Gasteiger partial charge in [-0.15, -0.1) is 11.3 Å². The van der Waals surface area contributed by atoms with E-state index in [0.29, 0.717) is 6.42 Å². The van der Waals surface area contributed by atoms with Crippen molar-refractivity contribution in [2.75, 3.05) is 12.0 Å². The number of carbonyl (C=O) groups is 1. The summed E-state index contributed by atoms with van der Waals surface area (Å²) >= 11 is 1.58. The minimum absolute atomic E-state index is 0.00447. The lowest BCUT2D eigenvalue weighted by molar-refractivity contribution is -0.121. The molecular formula is C16H19NO3S2. The van der Waals surface area contributed by atoms with Gasteiger partial charge in [0.1, 0.15) is 9.84 Å². The van der Waals surface area contributed by atoms with E-state index >= 15 is 0 Å². The Morgan fingerprint density at radius 1 is 1.18 bits per heavy atom. The molecule has 6 heteroatoms. The van der Waals surface area contributed by atoms with E-state index < -0.39 is 9.84 Å². The molecule has 1 aromatic heterocycles. The van der Waals surface area contributed by atoms with E-state index in [4.69, 9.17) is 0 Å². The summed E-state index contributed by atoms with van der Waals surface area (Å²) in [6.07, 6.45) is 1.82. The normalized spacial score (nSPS) is 12.8. The van der Waals surface area contributed by atoms with Crippen LogP contribution in [0.4, 0.5) is 0 Å². The highest BCUT2D eigenvalue weighted by Crippen LogP contribution is 2.23. The molecule has 0 unspecified atom stereocenters. The average Bonchev–Trinajstić information content (AvgIpc) is 2.99. The van der Waals surface area contributed by atoms with Crippen molar-refractivity contribution in [1.29, 1.82) is 0 Å². The third-order valence-electron chi connectivity index (χ3n) is 3.20. The van der Waals surface area contributed by atoms with Crippen LogP contribution in [-0.4, -0.2) is 26.3 Å². The molecule has 0 fully saturated rings. The molecular weight excluding hydrogens is 318 g/mol. The number of amides is 1. The van der Waals surface area contributed by atoms with Crippen molar-refractivity contribution in [2.45, 2.75) is 18.9 Å². The third kappa shape index (κ3) is 5.61. The van der Waals surface area contributed by atoms with Crippen LogP contribution in [0.5, 0.6) is 0 Å². The number of hydrogen-bond donors (Lipinski definition) is 1. The SMILES string of the molecule is CS(=O)(=O)CCC(=O)N[C@@H](Cc1ccccc1)c1cccs1. The van der Waals surface area contributed by atoms with Crippen LogP contribution in [0.3, 0.4) is 0 Å². The molecule has 1 N–H and O–H groups in total.